The molecule has 0 aliphatic carbocycles. The SMILES string of the molecule is COC(=O)c1ccc(C(=O)[O-])c(C2=c3cc4c(cc3Oc3cc5c(cc32)C(C)=CC(C)(C)N5C)=[N+](C)C(C)(C)C=C4C)c1. The summed E-state index contributed by atoms with van der Waals surface area (Å²) in [6, 6.07) is 12.7. The van der Waals surface area contributed by atoms with Gasteiger partial charge in [0, 0.05) is 65.7 Å². The van der Waals surface area contributed by atoms with Gasteiger partial charge in [0.15, 0.2) is 5.54 Å². The third-order valence-electron chi connectivity index (χ3n) is 9.33. The second-order valence-electron chi connectivity index (χ2n) is 12.8. The first-order valence-corrected chi connectivity index (χ1v) is 14.4. The summed E-state index contributed by atoms with van der Waals surface area (Å²) in [5.41, 5.74) is 6.87. The third-order valence-corrected chi connectivity index (χ3v) is 9.33. The molecule has 0 spiro atoms. The number of carbonyl (C=O) groups excluding carboxylic acids is 2. The lowest BCUT2D eigenvalue weighted by Gasteiger charge is -2.41. The van der Waals surface area contributed by atoms with Crippen LogP contribution in [-0.4, -0.2) is 44.2 Å². The highest BCUT2D eigenvalue weighted by Gasteiger charge is 2.35. The van der Waals surface area contributed by atoms with Gasteiger partial charge in [-0.1, -0.05) is 12.1 Å². The number of benzene rings is 3. The van der Waals surface area contributed by atoms with E-state index in [-0.39, 0.29) is 22.2 Å². The highest BCUT2D eigenvalue weighted by atomic mass is 16.5. The Morgan fingerprint density at radius 3 is 2.26 bits per heavy atom. The largest absolute Gasteiger partial charge is 0.545 e. The van der Waals surface area contributed by atoms with E-state index in [0.29, 0.717) is 22.6 Å². The molecule has 0 N–H and O–H groups in total. The monoisotopic (exact) mass is 576 g/mol. The number of fused-ring (bicyclic) bond motifs is 4. The number of nitrogens with zero attached hydrogens (tertiary/aromatic N) is 2. The topological polar surface area (TPSA) is 81.9 Å². The number of carbonyl (C=O) groups is 2. The van der Waals surface area contributed by atoms with Crippen LogP contribution in [0.3, 0.4) is 0 Å². The van der Waals surface area contributed by atoms with Crippen molar-refractivity contribution in [1.82, 2.24) is 4.58 Å². The first-order chi connectivity index (χ1) is 20.1. The zero-order valence-corrected chi connectivity index (χ0v) is 26.1. The van der Waals surface area contributed by atoms with Gasteiger partial charge in [-0.15, -0.1) is 0 Å². The van der Waals surface area contributed by atoms with E-state index in [2.05, 4.69) is 89.4 Å². The fourth-order valence-electron chi connectivity index (χ4n) is 6.64. The Morgan fingerprint density at radius 1 is 0.884 bits per heavy atom. The average molecular weight is 577 g/mol. The van der Waals surface area contributed by atoms with Crippen LogP contribution in [0.2, 0.25) is 0 Å². The van der Waals surface area contributed by atoms with E-state index in [4.69, 9.17) is 9.47 Å². The van der Waals surface area contributed by atoms with Crippen molar-refractivity contribution in [3.63, 3.8) is 0 Å². The Labute approximate surface area is 251 Å². The lowest BCUT2D eigenvalue weighted by Crippen LogP contribution is -2.47. The summed E-state index contributed by atoms with van der Waals surface area (Å²) in [6.45, 7) is 12.8. The van der Waals surface area contributed by atoms with Crippen molar-refractivity contribution >= 4 is 34.3 Å². The number of likely N-dealkylation sites (N-methyl/N-ethyl adjacent to an activating group) is 2. The number of anilines is 1. The molecule has 7 heteroatoms. The molecule has 6 rings (SSSR count). The summed E-state index contributed by atoms with van der Waals surface area (Å²) in [7, 11) is 5.43. The fraction of sp³-hybridized carbons (Fsp3) is 0.306. The van der Waals surface area contributed by atoms with E-state index in [1.165, 1.54) is 19.2 Å². The summed E-state index contributed by atoms with van der Waals surface area (Å²) in [5.74, 6) is -0.674. The predicted octanol–water partition coefficient (Wildman–Crippen LogP) is 4.14. The molecular formula is C36H36N2O5. The molecule has 0 aromatic heterocycles. The zero-order valence-electron chi connectivity index (χ0n) is 26.1. The predicted molar refractivity (Wildman–Crippen MR) is 167 cm³/mol. The Morgan fingerprint density at radius 2 is 1.58 bits per heavy atom. The molecule has 3 aromatic carbocycles. The molecule has 0 fully saturated rings. The van der Waals surface area contributed by atoms with Gasteiger partial charge in [-0.25, -0.2) is 9.37 Å². The van der Waals surface area contributed by atoms with Crippen molar-refractivity contribution in [3.8, 4) is 11.5 Å². The van der Waals surface area contributed by atoms with Crippen LogP contribution >= 0.6 is 0 Å². The van der Waals surface area contributed by atoms with Crippen molar-refractivity contribution in [2.75, 3.05) is 26.1 Å². The minimum absolute atomic E-state index is 0.0204. The van der Waals surface area contributed by atoms with Gasteiger partial charge in [0.2, 0.25) is 5.36 Å². The Balaban J connectivity index is 1.79. The van der Waals surface area contributed by atoms with Crippen LogP contribution in [0.15, 0.2) is 54.6 Å². The molecule has 3 aliphatic rings. The molecule has 3 heterocycles. The Hall–Kier alpha value is -4.65. The highest BCUT2D eigenvalue weighted by Crippen LogP contribution is 2.46. The summed E-state index contributed by atoms with van der Waals surface area (Å²) in [6.07, 6.45) is 4.46. The first-order valence-electron chi connectivity index (χ1n) is 14.4. The van der Waals surface area contributed by atoms with E-state index in [0.717, 1.165) is 44.1 Å². The number of hydrogen-bond donors (Lipinski definition) is 0. The molecule has 0 amide bonds. The van der Waals surface area contributed by atoms with Gasteiger partial charge in [0.1, 0.15) is 18.5 Å². The maximum absolute atomic E-state index is 12.6. The van der Waals surface area contributed by atoms with E-state index in [1.807, 2.05) is 12.1 Å². The molecule has 0 saturated carbocycles. The molecule has 0 unspecified atom stereocenters. The number of hydrogen-bond acceptors (Lipinski definition) is 6. The second-order valence-corrected chi connectivity index (χ2v) is 12.8. The molecule has 3 aliphatic heterocycles. The minimum atomic E-state index is -1.33. The van der Waals surface area contributed by atoms with Gasteiger partial charge < -0.3 is 24.3 Å². The highest BCUT2D eigenvalue weighted by molar-refractivity contribution is 6.01. The Bertz CT molecular complexity index is 1980. The average Bonchev–Trinajstić information content (AvgIpc) is 2.95. The summed E-state index contributed by atoms with van der Waals surface area (Å²) < 4.78 is 13.9. The van der Waals surface area contributed by atoms with Crippen molar-refractivity contribution in [2.24, 2.45) is 0 Å². The quantitative estimate of drug-likeness (QED) is 0.270. The van der Waals surface area contributed by atoms with E-state index in [1.54, 1.807) is 6.07 Å². The van der Waals surface area contributed by atoms with Crippen LogP contribution in [0.25, 0.3) is 16.7 Å². The van der Waals surface area contributed by atoms with Crippen molar-refractivity contribution in [2.45, 2.75) is 52.6 Å². The van der Waals surface area contributed by atoms with Gasteiger partial charge in [-0.2, -0.15) is 0 Å². The number of esters is 1. The van der Waals surface area contributed by atoms with E-state index in [9.17, 15) is 14.7 Å². The maximum atomic E-state index is 12.6. The van der Waals surface area contributed by atoms with Crippen LogP contribution < -0.4 is 29.9 Å². The number of aromatic carboxylic acids is 1. The van der Waals surface area contributed by atoms with Crippen molar-refractivity contribution in [1.29, 1.82) is 0 Å². The standard InChI is InChI=1S/C36H36N2O5/c1-19-17-35(3,4)37(7)28-15-30-26(13-23(19)28)32(25-12-21(34(41)42-9)10-11-22(25)33(39)40)27-14-24-20(2)18-36(5,6)38(8)29(24)16-31(27)43-30/h10-18H,1-9H3. The normalized spacial score (nSPS) is 17.5. The van der Waals surface area contributed by atoms with Crippen LogP contribution in [0.1, 0.15) is 84.5 Å². The maximum Gasteiger partial charge on any atom is 0.337 e. The number of ether oxygens (including phenoxy) is 2. The van der Waals surface area contributed by atoms with Crippen LogP contribution in [0.5, 0.6) is 11.5 Å². The second kappa shape index (κ2) is 9.43. The lowest BCUT2D eigenvalue weighted by atomic mass is 9.83. The summed E-state index contributed by atoms with van der Waals surface area (Å²) in [4.78, 5) is 27.4. The molecule has 0 saturated heterocycles. The molecule has 43 heavy (non-hydrogen) atoms. The number of carboxylic acid groups (broad SMARTS) is 1. The Kier molecular flexibility index (Phi) is 6.24. The molecule has 7 nitrogen and oxygen atoms in total. The van der Waals surface area contributed by atoms with Crippen LogP contribution in [0, 0.1) is 0 Å². The van der Waals surface area contributed by atoms with Crippen molar-refractivity contribution in [3.05, 3.63) is 98.6 Å². The van der Waals surface area contributed by atoms with Crippen LogP contribution in [0.4, 0.5) is 5.69 Å². The third kappa shape index (κ3) is 4.29. The fourth-order valence-corrected chi connectivity index (χ4v) is 6.64. The van der Waals surface area contributed by atoms with Gasteiger partial charge in [0.05, 0.1) is 30.2 Å². The van der Waals surface area contributed by atoms with Gasteiger partial charge in [-0.05, 0) is 74.7 Å². The summed E-state index contributed by atoms with van der Waals surface area (Å²) in [5, 5.41) is 14.3. The lowest BCUT2D eigenvalue weighted by molar-refractivity contribution is -0.255. The molecule has 220 valence electrons. The zero-order chi connectivity index (χ0) is 31.2. The smallest absolute Gasteiger partial charge is 0.337 e. The van der Waals surface area contributed by atoms with E-state index < -0.39 is 11.9 Å². The molecule has 0 radical (unpaired) electrons. The van der Waals surface area contributed by atoms with Gasteiger partial charge in [-0.3, -0.25) is 0 Å². The molecule has 3 aromatic rings. The van der Waals surface area contributed by atoms with Gasteiger partial charge >= 0.3 is 5.97 Å². The van der Waals surface area contributed by atoms with Crippen molar-refractivity contribution < 1.29 is 24.2 Å². The number of carboxylic acids is 1. The first kappa shape index (κ1) is 28.5. The summed E-state index contributed by atoms with van der Waals surface area (Å²) >= 11 is 0. The number of methoxy groups -OCH3 is 1. The molecular weight excluding hydrogens is 540 g/mol. The molecule has 0 atom stereocenters. The van der Waals surface area contributed by atoms with E-state index >= 15 is 0 Å². The van der Waals surface area contributed by atoms with Gasteiger partial charge in [0.25, 0.3) is 0 Å². The minimum Gasteiger partial charge on any atom is -0.545 e. The molecule has 0 bridgehead atoms. The number of rotatable bonds is 3. The van der Waals surface area contributed by atoms with Crippen LogP contribution in [-0.2, 0) is 4.74 Å². The number of allylic oxidation sites excluding steroid dienone is 2.